The molecule has 2 aromatic carbocycles. The van der Waals surface area contributed by atoms with E-state index in [9.17, 15) is 0 Å². The van der Waals surface area contributed by atoms with Crippen LogP contribution in [0.1, 0.15) is 44.2 Å². The quantitative estimate of drug-likeness (QED) is 0.639. The molecule has 0 aromatic heterocycles. The molecule has 0 N–H and O–H groups in total. The third-order valence-corrected chi connectivity index (χ3v) is 6.46. The molecule has 1 unspecified atom stereocenters. The van der Waals surface area contributed by atoms with Crippen LogP contribution in [0.4, 0.5) is 0 Å². The Morgan fingerprint density at radius 3 is 2.26 bits per heavy atom. The smallest absolute Gasteiger partial charge is 0.00386 e. The Morgan fingerprint density at radius 1 is 0.913 bits per heavy atom. The predicted molar refractivity (Wildman–Crippen MR) is 98.1 cm³/mol. The molecule has 0 amide bonds. The number of benzene rings is 2. The lowest BCUT2D eigenvalue weighted by molar-refractivity contribution is 0.236. The molecular formula is C23H26. The number of rotatable bonds is 3. The van der Waals surface area contributed by atoms with Gasteiger partial charge in [0.2, 0.25) is 0 Å². The van der Waals surface area contributed by atoms with E-state index in [0.717, 1.165) is 11.8 Å². The van der Waals surface area contributed by atoms with Crippen LogP contribution in [0.15, 0.2) is 66.2 Å². The van der Waals surface area contributed by atoms with Crippen molar-refractivity contribution in [3.8, 4) is 0 Å². The van der Waals surface area contributed by atoms with Crippen molar-refractivity contribution in [2.24, 2.45) is 17.3 Å². The number of allylic oxidation sites excluding steroid dienone is 2. The summed E-state index contributed by atoms with van der Waals surface area (Å²) in [6.07, 6.45) is 5.33. The van der Waals surface area contributed by atoms with Gasteiger partial charge in [-0.25, -0.2) is 0 Å². The van der Waals surface area contributed by atoms with E-state index in [1.807, 2.05) is 0 Å². The zero-order valence-corrected chi connectivity index (χ0v) is 14.3. The lowest BCUT2D eigenvalue weighted by Gasteiger charge is -2.34. The third-order valence-electron chi connectivity index (χ3n) is 6.46. The van der Waals surface area contributed by atoms with Crippen molar-refractivity contribution in [3.63, 3.8) is 0 Å². The van der Waals surface area contributed by atoms with Gasteiger partial charge in [-0.05, 0) is 60.1 Å². The summed E-state index contributed by atoms with van der Waals surface area (Å²) in [4.78, 5) is 0. The average molecular weight is 302 g/mol. The van der Waals surface area contributed by atoms with Crippen molar-refractivity contribution in [1.29, 1.82) is 0 Å². The summed E-state index contributed by atoms with van der Waals surface area (Å²) in [6, 6.07) is 22.2. The SMILES string of the molecule is CC1=C(c2ccccc2)[C@H]2CCC[C@H]2C1(C)Cc1ccccc1. The Hall–Kier alpha value is -1.82. The highest BCUT2D eigenvalue weighted by atomic mass is 14.5. The van der Waals surface area contributed by atoms with Crippen LogP contribution in [0.5, 0.6) is 0 Å². The largest absolute Gasteiger partial charge is 0.0627 e. The second kappa shape index (κ2) is 5.67. The molecule has 0 bridgehead atoms. The van der Waals surface area contributed by atoms with E-state index >= 15 is 0 Å². The number of hydrogen-bond donors (Lipinski definition) is 0. The molecule has 0 aliphatic heterocycles. The molecule has 0 heteroatoms. The zero-order chi connectivity index (χ0) is 15.9. The summed E-state index contributed by atoms with van der Waals surface area (Å²) in [5, 5.41) is 0. The van der Waals surface area contributed by atoms with Gasteiger partial charge >= 0.3 is 0 Å². The standard InChI is InChI=1S/C23H26/c1-17-22(19-12-7-4-8-13-19)20-14-9-15-21(20)23(17,2)16-18-10-5-3-6-11-18/h3-8,10-13,20-21H,9,14-16H2,1-2H3/t20-,21+,23?/m0/s1. The maximum Gasteiger partial charge on any atom is -0.00386 e. The minimum atomic E-state index is 0.313. The molecule has 0 nitrogen and oxygen atoms in total. The molecule has 2 aliphatic rings. The van der Waals surface area contributed by atoms with Crippen LogP contribution in [-0.4, -0.2) is 0 Å². The van der Waals surface area contributed by atoms with Gasteiger partial charge in [-0.15, -0.1) is 0 Å². The lowest BCUT2D eigenvalue weighted by Crippen LogP contribution is -2.28. The molecule has 3 atom stereocenters. The first-order valence-electron chi connectivity index (χ1n) is 9.01. The van der Waals surface area contributed by atoms with E-state index < -0.39 is 0 Å². The monoisotopic (exact) mass is 302 g/mol. The molecule has 23 heavy (non-hydrogen) atoms. The van der Waals surface area contributed by atoms with Gasteiger partial charge in [0.1, 0.15) is 0 Å². The Morgan fingerprint density at radius 2 is 1.57 bits per heavy atom. The van der Waals surface area contributed by atoms with Crippen LogP contribution in [0.3, 0.4) is 0 Å². The van der Waals surface area contributed by atoms with Crippen LogP contribution >= 0.6 is 0 Å². The maximum atomic E-state index is 2.52. The number of fused-ring (bicyclic) bond motifs is 1. The second-order valence-electron chi connectivity index (χ2n) is 7.63. The summed E-state index contributed by atoms with van der Waals surface area (Å²) in [6.45, 7) is 4.93. The molecule has 1 fully saturated rings. The van der Waals surface area contributed by atoms with Crippen molar-refractivity contribution in [1.82, 2.24) is 0 Å². The third kappa shape index (κ3) is 2.36. The zero-order valence-electron chi connectivity index (χ0n) is 14.3. The average Bonchev–Trinajstić information content (AvgIpc) is 3.13. The van der Waals surface area contributed by atoms with Crippen molar-refractivity contribution >= 4 is 5.57 Å². The molecule has 2 aromatic rings. The first-order chi connectivity index (χ1) is 11.2. The summed E-state index contributed by atoms with van der Waals surface area (Å²) in [5.41, 5.74) is 6.55. The minimum Gasteiger partial charge on any atom is -0.0627 e. The second-order valence-corrected chi connectivity index (χ2v) is 7.63. The lowest BCUT2D eigenvalue weighted by atomic mass is 9.70. The van der Waals surface area contributed by atoms with Crippen molar-refractivity contribution < 1.29 is 0 Å². The van der Waals surface area contributed by atoms with Crippen LogP contribution in [0, 0.1) is 17.3 Å². The van der Waals surface area contributed by atoms with Crippen LogP contribution in [0.25, 0.3) is 5.57 Å². The van der Waals surface area contributed by atoms with Gasteiger partial charge in [0.15, 0.2) is 0 Å². The fourth-order valence-electron chi connectivity index (χ4n) is 5.26. The molecule has 0 saturated heterocycles. The normalized spacial score (nSPS) is 29.8. The van der Waals surface area contributed by atoms with Crippen molar-refractivity contribution in [2.45, 2.75) is 39.5 Å². The Kier molecular flexibility index (Phi) is 3.64. The summed E-state index contributed by atoms with van der Waals surface area (Å²) in [7, 11) is 0. The summed E-state index contributed by atoms with van der Waals surface area (Å²) in [5.74, 6) is 1.59. The molecule has 0 heterocycles. The topological polar surface area (TPSA) is 0 Å². The van der Waals surface area contributed by atoms with E-state index in [1.165, 1.54) is 36.8 Å². The highest BCUT2D eigenvalue weighted by Gasteiger charge is 2.50. The van der Waals surface area contributed by atoms with Gasteiger partial charge in [-0.2, -0.15) is 0 Å². The minimum absolute atomic E-state index is 0.313. The molecule has 4 rings (SSSR count). The van der Waals surface area contributed by atoms with E-state index in [-0.39, 0.29) is 0 Å². The fourth-order valence-corrected chi connectivity index (χ4v) is 5.26. The first kappa shape index (κ1) is 14.8. The molecule has 2 aliphatic carbocycles. The predicted octanol–water partition coefficient (Wildman–Crippen LogP) is 6.14. The molecule has 0 radical (unpaired) electrons. The van der Waals surface area contributed by atoms with Crippen LogP contribution in [-0.2, 0) is 6.42 Å². The van der Waals surface area contributed by atoms with Crippen molar-refractivity contribution in [2.75, 3.05) is 0 Å². The van der Waals surface area contributed by atoms with Crippen LogP contribution < -0.4 is 0 Å². The van der Waals surface area contributed by atoms with Crippen LogP contribution in [0.2, 0.25) is 0 Å². The Labute approximate surface area is 140 Å². The van der Waals surface area contributed by atoms with Gasteiger partial charge in [0.25, 0.3) is 0 Å². The maximum absolute atomic E-state index is 2.52. The molecular weight excluding hydrogens is 276 g/mol. The van der Waals surface area contributed by atoms with Gasteiger partial charge in [0.05, 0.1) is 0 Å². The van der Waals surface area contributed by atoms with E-state index in [1.54, 1.807) is 11.1 Å². The molecule has 1 saturated carbocycles. The first-order valence-corrected chi connectivity index (χ1v) is 9.01. The van der Waals surface area contributed by atoms with E-state index in [0.29, 0.717) is 5.41 Å². The Balaban J connectivity index is 1.78. The highest BCUT2D eigenvalue weighted by molar-refractivity contribution is 5.74. The van der Waals surface area contributed by atoms with Gasteiger partial charge in [0, 0.05) is 0 Å². The number of hydrogen-bond acceptors (Lipinski definition) is 0. The fraction of sp³-hybridized carbons (Fsp3) is 0.391. The molecule has 0 spiro atoms. The summed E-state index contributed by atoms with van der Waals surface area (Å²) >= 11 is 0. The van der Waals surface area contributed by atoms with Crippen molar-refractivity contribution in [3.05, 3.63) is 77.4 Å². The Bertz CT molecular complexity index is 710. The van der Waals surface area contributed by atoms with Gasteiger partial charge in [-0.1, -0.05) is 79.6 Å². The molecule has 118 valence electrons. The van der Waals surface area contributed by atoms with Gasteiger partial charge in [-0.3, -0.25) is 0 Å². The highest BCUT2D eigenvalue weighted by Crippen LogP contribution is 2.61. The van der Waals surface area contributed by atoms with E-state index in [2.05, 4.69) is 74.5 Å². The van der Waals surface area contributed by atoms with Gasteiger partial charge < -0.3 is 0 Å². The van der Waals surface area contributed by atoms with E-state index in [4.69, 9.17) is 0 Å². The summed E-state index contributed by atoms with van der Waals surface area (Å²) < 4.78 is 0.